The summed E-state index contributed by atoms with van der Waals surface area (Å²) in [6.45, 7) is 3.80. The van der Waals surface area contributed by atoms with E-state index in [1.165, 1.54) is 12.1 Å². The highest BCUT2D eigenvalue weighted by Gasteiger charge is 2.08. The summed E-state index contributed by atoms with van der Waals surface area (Å²) < 4.78 is 13.0. The van der Waals surface area contributed by atoms with Crippen LogP contribution in [0, 0.1) is 5.82 Å². The molecule has 3 heteroatoms. The van der Waals surface area contributed by atoms with Crippen LogP contribution in [0.2, 0.25) is 0 Å². The van der Waals surface area contributed by atoms with Crippen molar-refractivity contribution in [1.82, 2.24) is 0 Å². The van der Waals surface area contributed by atoms with Crippen LogP contribution >= 0.6 is 11.6 Å². The summed E-state index contributed by atoms with van der Waals surface area (Å²) in [5, 5.41) is 0. The van der Waals surface area contributed by atoms with Crippen molar-refractivity contribution in [1.29, 1.82) is 0 Å². The van der Waals surface area contributed by atoms with E-state index in [1.807, 2.05) is 19.0 Å². The van der Waals surface area contributed by atoms with Gasteiger partial charge in [0.15, 0.2) is 0 Å². The lowest BCUT2D eigenvalue weighted by Crippen LogP contribution is -2.11. The normalized spacial score (nSPS) is 10.0. The Morgan fingerprint density at radius 1 is 1.50 bits per heavy atom. The van der Waals surface area contributed by atoms with Gasteiger partial charge >= 0.3 is 0 Å². The molecule has 0 saturated carbocycles. The van der Waals surface area contributed by atoms with E-state index < -0.39 is 0 Å². The van der Waals surface area contributed by atoms with Gasteiger partial charge in [0.25, 0.3) is 0 Å². The van der Waals surface area contributed by atoms with Gasteiger partial charge in [0, 0.05) is 31.2 Å². The van der Waals surface area contributed by atoms with Gasteiger partial charge in [-0.25, -0.2) is 4.39 Å². The lowest BCUT2D eigenvalue weighted by Gasteiger charge is -2.17. The molecule has 76 valence electrons. The molecule has 1 aromatic carbocycles. The van der Waals surface area contributed by atoms with Crippen molar-refractivity contribution in [3.05, 3.63) is 36.2 Å². The summed E-state index contributed by atoms with van der Waals surface area (Å²) in [6, 6.07) is 4.61. The third kappa shape index (κ3) is 2.26. The van der Waals surface area contributed by atoms with Crippen LogP contribution in [0.1, 0.15) is 5.56 Å². The molecule has 0 aliphatic heterocycles. The van der Waals surface area contributed by atoms with Crippen molar-refractivity contribution >= 4 is 22.9 Å². The van der Waals surface area contributed by atoms with Gasteiger partial charge in [-0.3, -0.25) is 0 Å². The predicted octanol–water partition coefficient (Wildman–Crippen LogP) is 3.14. The zero-order valence-electron chi connectivity index (χ0n) is 8.35. The minimum absolute atomic E-state index is 0.267. The molecule has 0 heterocycles. The highest BCUT2D eigenvalue weighted by Crippen LogP contribution is 2.26. The maximum Gasteiger partial charge on any atom is 0.123 e. The molecule has 0 atom stereocenters. The van der Waals surface area contributed by atoms with Crippen LogP contribution in [-0.2, 0) is 0 Å². The van der Waals surface area contributed by atoms with Crippen molar-refractivity contribution < 1.29 is 4.39 Å². The number of nitrogens with zero attached hydrogens (tertiary/aromatic N) is 1. The average Bonchev–Trinajstić information content (AvgIpc) is 2.16. The second kappa shape index (κ2) is 4.47. The van der Waals surface area contributed by atoms with Gasteiger partial charge in [-0.1, -0.05) is 6.58 Å². The van der Waals surface area contributed by atoms with Crippen molar-refractivity contribution in [2.45, 2.75) is 0 Å². The molecule has 0 fully saturated rings. The van der Waals surface area contributed by atoms with E-state index in [1.54, 1.807) is 6.07 Å². The molecular weight excluding hydrogens is 201 g/mol. The number of anilines is 1. The molecule has 0 aliphatic carbocycles. The molecule has 0 aromatic heterocycles. The van der Waals surface area contributed by atoms with Crippen LogP contribution in [0.4, 0.5) is 10.1 Å². The Hall–Kier alpha value is -1.02. The van der Waals surface area contributed by atoms with Gasteiger partial charge in [-0.05, 0) is 23.8 Å². The summed E-state index contributed by atoms with van der Waals surface area (Å²) in [5.41, 5.74) is 2.43. The first kappa shape index (κ1) is 11.1. The maximum absolute atomic E-state index is 13.0. The second-order valence-corrected chi connectivity index (χ2v) is 3.56. The van der Waals surface area contributed by atoms with E-state index in [9.17, 15) is 4.39 Å². The molecule has 1 nitrogen and oxygen atoms in total. The first-order valence-corrected chi connectivity index (χ1v) is 4.80. The van der Waals surface area contributed by atoms with Crippen molar-refractivity contribution in [3.8, 4) is 0 Å². The second-order valence-electron chi connectivity index (χ2n) is 3.29. The molecule has 1 rings (SSSR count). The number of halogens is 2. The number of hydrogen-bond acceptors (Lipinski definition) is 1. The Morgan fingerprint density at radius 2 is 2.14 bits per heavy atom. The molecule has 0 unspecified atom stereocenters. The van der Waals surface area contributed by atoms with Gasteiger partial charge in [0.1, 0.15) is 5.82 Å². The number of hydrogen-bond donors (Lipinski definition) is 0. The van der Waals surface area contributed by atoms with Crippen molar-refractivity contribution in [2.75, 3.05) is 24.9 Å². The number of alkyl halides is 1. The lowest BCUT2D eigenvalue weighted by molar-refractivity contribution is 0.627. The summed E-state index contributed by atoms with van der Waals surface area (Å²) >= 11 is 5.68. The third-order valence-electron chi connectivity index (χ3n) is 1.98. The summed E-state index contributed by atoms with van der Waals surface area (Å²) in [4.78, 5) is 1.91. The molecule has 0 spiro atoms. The maximum atomic E-state index is 13.0. The van der Waals surface area contributed by atoms with Gasteiger partial charge in [0.05, 0.1) is 0 Å². The summed E-state index contributed by atoms with van der Waals surface area (Å²) in [5.74, 6) is 0.0430. The molecule has 0 amide bonds. The predicted molar refractivity (Wildman–Crippen MR) is 60.5 cm³/mol. The van der Waals surface area contributed by atoms with Crippen molar-refractivity contribution in [3.63, 3.8) is 0 Å². The number of benzene rings is 1. The van der Waals surface area contributed by atoms with E-state index in [4.69, 9.17) is 11.6 Å². The van der Waals surface area contributed by atoms with Crippen LogP contribution in [-0.4, -0.2) is 20.0 Å². The Labute approximate surface area is 88.8 Å². The first-order chi connectivity index (χ1) is 6.56. The van der Waals surface area contributed by atoms with Gasteiger partial charge in [-0.2, -0.15) is 0 Å². The zero-order valence-corrected chi connectivity index (χ0v) is 9.11. The fraction of sp³-hybridized carbons (Fsp3) is 0.273. The highest BCUT2D eigenvalue weighted by molar-refractivity contribution is 6.23. The third-order valence-corrected chi connectivity index (χ3v) is 2.31. The molecule has 0 saturated heterocycles. The Kier molecular flexibility index (Phi) is 3.53. The van der Waals surface area contributed by atoms with Crippen LogP contribution < -0.4 is 4.90 Å². The lowest BCUT2D eigenvalue weighted by atomic mass is 10.1. The Bertz CT molecular complexity index is 347. The number of allylic oxidation sites excluding steroid dienone is 1. The average molecular weight is 214 g/mol. The topological polar surface area (TPSA) is 3.24 Å². The van der Waals surface area contributed by atoms with E-state index in [0.29, 0.717) is 5.88 Å². The highest BCUT2D eigenvalue weighted by atomic mass is 35.5. The van der Waals surface area contributed by atoms with Gasteiger partial charge < -0.3 is 4.90 Å². The minimum Gasteiger partial charge on any atom is -0.377 e. The monoisotopic (exact) mass is 213 g/mol. The summed E-state index contributed by atoms with van der Waals surface area (Å²) in [7, 11) is 3.80. The molecule has 0 aliphatic rings. The Morgan fingerprint density at radius 3 is 2.64 bits per heavy atom. The van der Waals surface area contributed by atoms with Crippen LogP contribution in [0.5, 0.6) is 0 Å². The van der Waals surface area contributed by atoms with Gasteiger partial charge in [-0.15, -0.1) is 11.6 Å². The molecule has 0 N–H and O–H groups in total. The van der Waals surface area contributed by atoms with Crippen LogP contribution in [0.3, 0.4) is 0 Å². The summed E-state index contributed by atoms with van der Waals surface area (Å²) in [6.07, 6.45) is 0. The minimum atomic E-state index is -0.267. The van der Waals surface area contributed by atoms with E-state index in [0.717, 1.165) is 16.8 Å². The first-order valence-electron chi connectivity index (χ1n) is 4.27. The Balaban J connectivity index is 3.22. The molecular formula is C11H13ClFN. The largest absolute Gasteiger partial charge is 0.377 e. The van der Waals surface area contributed by atoms with E-state index >= 15 is 0 Å². The molecule has 0 radical (unpaired) electrons. The smallest absolute Gasteiger partial charge is 0.123 e. The SMILES string of the molecule is C=C(CCl)c1cc(F)ccc1N(C)C. The standard InChI is InChI=1S/C11H13ClFN/c1-8(7-12)10-6-9(13)4-5-11(10)14(2)3/h4-6H,1,7H2,2-3H3. The zero-order chi connectivity index (χ0) is 10.7. The van der Waals surface area contributed by atoms with Crippen LogP contribution in [0.25, 0.3) is 5.57 Å². The van der Waals surface area contributed by atoms with Crippen molar-refractivity contribution in [2.24, 2.45) is 0 Å². The fourth-order valence-electron chi connectivity index (χ4n) is 1.25. The van der Waals surface area contributed by atoms with E-state index in [-0.39, 0.29) is 5.82 Å². The molecule has 14 heavy (non-hydrogen) atoms. The number of rotatable bonds is 3. The van der Waals surface area contributed by atoms with E-state index in [2.05, 4.69) is 6.58 Å². The van der Waals surface area contributed by atoms with Crippen LogP contribution in [0.15, 0.2) is 24.8 Å². The molecule has 0 bridgehead atoms. The van der Waals surface area contributed by atoms with Gasteiger partial charge in [0.2, 0.25) is 0 Å². The molecule has 1 aromatic rings. The quantitative estimate of drug-likeness (QED) is 0.698. The fourth-order valence-corrected chi connectivity index (χ4v) is 1.40.